The molecule has 7 nitrogen and oxygen atoms in total. The van der Waals surface area contributed by atoms with Crippen LogP contribution in [0.15, 0.2) is 41.9 Å². The molecule has 2 amide bonds. The average molecular weight is 398 g/mol. The minimum Gasteiger partial charge on any atom is -0.351 e. The number of amides is 2. The third-order valence-corrected chi connectivity index (χ3v) is 5.83. The molecule has 2 heterocycles. The van der Waals surface area contributed by atoms with Crippen LogP contribution in [-0.4, -0.2) is 43.0 Å². The predicted octanol–water partition coefficient (Wildman–Crippen LogP) is 2.05. The number of thiazole rings is 1. The van der Waals surface area contributed by atoms with E-state index < -0.39 is 0 Å². The van der Waals surface area contributed by atoms with Crippen LogP contribution in [0.2, 0.25) is 0 Å². The molecule has 0 radical (unpaired) electrons. The molecule has 3 rings (SSSR count). The molecular weight excluding hydrogens is 374 g/mol. The molecule has 1 aromatic heterocycles. The number of hydrogen-bond acceptors (Lipinski definition) is 6. The molecule has 0 saturated carbocycles. The molecule has 1 aliphatic rings. The summed E-state index contributed by atoms with van der Waals surface area (Å²) in [5, 5.41) is 17.3. The molecule has 2 N–H and O–H groups in total. The highest BCUT2D eigenvalue weighted by molar-refractivity contribution is 7.13. The quantitative estimate of drug-likeness (QED) is 0.697. The lowest BCUT2D eigenvalue weighted by Crippen LogP contribution is -2.46. The normalized spacial score (nSPS) is 15.5. The van der Waals surface area contributed by atoms with Crippen molar-refractivity contribution in [3.63, 3.8) is 0 Å². The van der Waals surface area contributed by atoms with E-state index in [1.54, 1.807) is 41.8 Å². The number of anilines is 1. The zero-order valence-corrected chi connectivity index (χ0v) is 16.3. The number of piperidine rings is 1. The van der Waals surface area contributed by atoms with Gasteiger partial charge in [0, 0.05) is 36.8 Å². The van der Waals surface area contributed by atoms with Crippen molar-refractivity contribution in [2.45, 2.75) is 12.8 Å². The van der Waals surface area contributed by atoms with Gasteiger partial charge in [0.15, 0.2) is 5.13 Å². The standard InChI is InChI=1S/C20H23N5O2S/c21-8-9-22-19(27)17(14-24-18(26)16-4-2-1-3-5-16)15-6-11-25(12-7-15)20-23-10-13-28-20/h1-5,10,13,15,17H,6-7,9,11-12,14H2,(H,22,27)(H,24,26). The molecule has 1 aromatic carbocycles. The number of aromatic nitrogens is 1. The summed E-state index contributed by atoms with van der Waals surface area (Å²) in [4.78, 5) is 31.6. The molecule has 0 spiro atoms. The highest BCUT2D eigenvalue weighted by atomic mass is 32.1. The van der Waals surface area contributed by atoms with Crippen LogP contribution in [0.5, 0.6) is 0 Å². The van der Waals surface area contributed by atoms with E-state index in [0.29, 0.717) is 5.56 Å². The average Bonchev–Trinajstić information content (AvgIpc) is 3.28. The Morgan fingerprint density at radius 1 is 1.25 bits per heavy atom. The molecule has 0 aliphatic carbocycles. The molecule has 1 saturated heterocycles. The lowest BCUT2D eigenvalue weighted by atomic mass is 9.83. The first kappa shape index (κ1) is 19.8. The van der Waals surface area contributed by atoms with Gasteiger partial charge in [-0.15, -0.1) is 11.3 Å². The molecule has 0 bridgehead atoms. The monoisotopic (exact) mass is 397 g/mol. The van der Waals surface area contributed by atoms with Crippen LogP contribution in [0.1, 0.15) is 23.2 Å². The number of nitrogens with zero attached hydrogens (tertiary/aromatic N) is 3. The summed E-state index contributed by atoms with van der Waals surface area (Å²) in [5.74, 6) is -0.591. The number of nitrogens with one attached hydrogen (secondary N) is 2. The summed E-state index contributed by atoms with van der Waals surface area (Å²) < 4.78 is 0. The summed E-state index contributed by atoms with van der Waals surface area (Å²) in [6.07, 6.45) is 3.47. The highest BCUT2D eigenvalue weighted by Crippen LogP contribution is 2.29. The number of rotatable bonds is 7. The SMILES string of the molecule is N#CCNC(=O)C(CNC(=O)c1ccccc1)C1CCN(c2nccs2)CC1. The van der Waals surface area contributed by atoms with E-state index in [9.17, 15) is 9.59 Å². The summed E-state index contributed by atoms with van der Waals surface area (Å²) in [7, 11) is 0. The van der Waals surface area contributed by atoms with Gasteiger partial charge in [0.25, 0.3) is 5.91 Å². The minimum atomic E-state index is -0.362. The van der Waals surface area contributed by atoms with Crippen LogP contribution in [-0.2, 0) is 4.79 Å². The van der Waals surface area contributed by atoms with Gasteiger partial charge in [-0.05, 0) is 30.9 Å². The van der Waals surface area contributed by atoms with E-state index in [0.717, 1.165) is 31.1 Å². The van der Waals surface area contributed by atoms with Crippen LogP contribution < -0.4 is 15.5 Å². The van der Waals surface area contributed by atoms with Gasteiger partial charge in [-0.25, -0.2) is 4.98 Å². The number of benzene rings is 1. The number of hydrogen-bond donors (Lipinski definition) is 2. The van der Waals surface area contributed by atoms with Crippen molar-refractivity contribution < 1.29 is 9.59 Å². The van der Waals surface area contributed by atoms with Crippen molar-refractivity contribution in [1.29, 1.82) is 5.26 Å². The third kappa shape index (κ3) is 5.08. The maximum atomic E-state index is 12.6. The van der Waals surface area contributed by atoms with E-state index in [2.05, 4.69) is 20.5 Å². The van der Waals surface area contributed by atoms with E-state index in [4.69, 9.17) is 5.26 Å². The van der Waals surface area contributed by atoms with Crippen LogP contribution in [0.4, 0.5) is 5.13 Å². The van der Waals surface area contributed by atoms with Crippen molar-refractivity contribution in [3.05, 3.63) is 47.5 Å². The van der Waals surface area contributed by atoms with Crippen molar-refractivity contribution in [3.8, 4) is 6.07 Å². The topological polar surface area (TPSA) is 98.1 Å². The maximum absolute atomic E-state index is 12.6. The van der Waals surface area contributed by atoms with Gasteiger partial charge < -0.3 is 15.5 Å². The fourth-order valence-electron chi connectivity index (χ4n) is 3.49. The lowest BCUT2D eigenvalue weighted by Gasteiger charge is -2.35. The predicted molar refractivity (Wildman–Crippen MR) is 108 cm³/mol. The Kier molecular flexibility index (Phi) is 6.98. The first-order valence-electron chi connectivity index (χ1n) is 9.31. The maximum Gasteiger partial charge on any atom is 0.251 e. The molecule has 2 aromatic rings. The summed E-state index contributed by atoms with van der Waals surface area (Å²) in [6, 6.07) is 10.9. The van der Waals surface area contributed by atoms with E-state index in [1.165, 1.54) is 0 Å². The third-order valence-electron chi connectivity index (χ3n) is 5.00. The number of carbonyl (C=O) groups is 2. The second kappa shape index (κ2) is 9.85. The van der Waals surface area contributed by atoms with Crippen molar-refractivity contribution in [1.82, 2.24) is 15.6 Å². The Morgan fingerprint density at radius 3 is 2.64 bits per heavy atom. The molecule has 1 atom stereocenters. The Hall–Kier alpha value is -2.92. The van der Waals surface area contributed by atoms with Crippen molar-refractivity contribution in [2.24, 2.45) is 11.8 Å². The lowest BCUT2D eigenvalue weighted by molar-refractivity contribution is -0.126. The van der Waals surface area contributed by atoms with Crippen LogP contribution in [0.3, 0.4) is 0 Å². The van der Waals surface area contributed by atoms with Gasteiger partial charge in [0.05, 0.1) is 12.0 Å². The summed E-state index contributed by atoms with van der Waals surface area (Å²) >= 11 is 1.61. The van der Waals surface area contributed by atoms with Crippen LogP contribution in [0.25, 0.3) is 0 Å². The summed E-state index contributed by atoms with van der Waals surface area (Å²) in [6.45, 7) is 1.88. The van der Waals surface area contributed by atoms with Crippen molar-refractivity contribution >= 4 is 28.3 Å². The minimum absolute atomic E-state index is 0.0279. The number of carbonyl (C=O) groups excluding carboxylic acids is 2. The molecule has 146 valence electrons. The Labute approximate surface area is 168 Å². The highest BCUT2D eigenvalue weighted by Gasteiger charge is 2.32. The Morgan fingerprint density at radius 2 is 2.00 bits per heavy atom. The molecule has 28 heavy (non-hydrogen) atoms. The van der Waals surface area contributed by atoms with E-state index >= 15 is 0 Å². The van der Waals surface area contributed by atoms with Crippen LogP contribution >= 0.6 is 11.3 Å². The van der Waals surface area contributed by atoms with Gasteiger partial charge in [0.2, 0.25) is 5.91 Å². The van der Waals surface area contributed by atoms with Gasteiger partial charge in [0.1, 0.15) is 6.54 Å². The van der Waals surface area contributed by atoms with Gasteiger partial charge in [-0.3, -0.25) is 9.59 Å². The largest absolute Gasteiger partial charge is 0.351 e. The van der Waals surface area contributed by atoms with Gasteiger partial charge in [-0.1, -0.05) is 18.2 Å². The van der Waals surface area contributed by atoms with E-state index in [-0.39, 0.29) is 36.7 Å². The van der Waals surface area contributed by atoms with Crippen LogP contribution in [0, 0.1) is 23.2 Å². The smallest absolute Gasteiger partial charge is 0.251 e. The fraction of sp³-hybridized carbons (Fsp3) is 0.400. The molecule has 1 aliphatic heterocycles. The first-order valence-corrected chi connectivity index (χ1v) is 10.2. The summed E-state index contributed by atoms with van der Waals surface area (Å²) in [5.41, 5.74) is 0.567. The van der Waals surface area contributed by atoms with Crippen molar-refractivity contribution in [2.75, 3.05) is 31.1 Å². The molecular formula is C20H23N5O2S. The van der Waals surface area contributed by atoms with E-state index in [1.807, 2.05) is 17.5 Å². The molecule has 8 heteroatoms. The zero-order valence-electron chi connectivity index (χ0n) is 15.5. The molecule has 1 unspecified atom stereocenters. The molecule has 1 fully saturated rings. The second-order valence-electron chi connectivity index (χ2n) is 6.70. The van der Waals surface area contributed by atoms with Gasteiger partial charge >= 0.3 is 0 Å². The second-order valence-corrected chi connectivity index (χ2v) is 7.57. The fourth-order valence-corrected chi connectivity index (χ4v) is 4.19. The Bertz CT molecular complexity index is 811. The first-order chi connectivity index (χ1) is 13.7. The zero-order chi connectivity index (χ0) is 19.8. The number of nitriles is 1. The Balaban J connectivity index is 1.61. The van der Waals surface area contributed by atoms with Gasteiger partial charge in [-0.2, -0.15) is 5.26 Å².